The number of hydrogen-bond donors (Lipinski definition) is 1. The average molecular weight is 247 g/mol. The van der Waals surface area contributed by atoms with Crippen molar-refractivity contribution in [3.05, 3.63) is 33.8 Å². The van der Waals surface area contributed by atoms with Crippen molar-refractivity contribution in [1.82, 2.24) is 0 Å². The number of carbonyl (C=O) groups is 2. The van der Waals surface area contributed by atoms with E-state index in [2.05, 4.69) is 0 Å². The molecule has 1 aromatic carbocycles. The molecule has 15 heavy (non-hydrogen) atoms. The normalized spacial score (nSPS) is 10.0. The van der Waals surface area contributed by atoms with Gasteiger partial charge in [0.05, 0.1) is 16.5 Å². The van der Waals surface area contributed by atoms with Crippen LogP contribution in [0.1, 0.15) is 23.2 Å². The summed E-state index contributed by atoms with van der Waals surface area (Å²) >= 11 is 11.4. The minimum Gasteiger partial charge on any atom is -0.481 e. The Morgan fingerprint density at radius 2 is 1.80 bits per heavy atom. The van der Waals surface area contributed by atoms with Gasteiger partial charge in [-0.15, -0.1) is 0 Å². The first-order valence-corrected chi connectivity index (χ1v) is 4.96. The average Bonchev–Trinajstić information content (AvgIpc) is 2.18. The Balaban J connectivity index is 2.74. The molecule has 3 nitrogen and oxygen atoms in total. The molecule has 0 aromatic heterocycles. The van der Waals surface area contributed by atoms with Crippen molar-refractivity contribution in [2.75, 3.05) is 0 Å². The molecular weight excluding hydrogens is 239 g/mol. The van der Waals surface area contributed by atoms with Gasteiger partial charge >= 0.3 is 5.97 Å². The highest BCUT2D eigenvalue weighted by Crippen LogP contribution is 2.23. The summed E-state index contributed by atoms with van der Waals surface area (Å²) in [5.74, 6) is -1.25. The summed E-state index contributed by atoms with van der Waals surface area (Å²) in [5, 5.41) is 9.07. The van der Waals surface area contributed by atoms with E-state index in [-0.39, 0.29) is 23.6 Å². The molecule has 0 aliphatic rings. The van der Waals surface area contributed by atoms with Gasteiger partial charge in [-0.05, 0) is 18.2 Å². The Morgan fingerprint density at radius 3 is 2.33 bits per heavy atom. The predicted molar refractivity (Wildman–Crippen MR) is 57.7 cm³/mol. The molecule has 0 atom stereocenters. The molecule has 0 saturated carbocycles. The third-order valence-electron chi connectivity index (χ3n) is 1.81. The highest BCUT2D eigenvalue weighted by molar-refractivity contribution is 6.42. The number of ketones is 1. The van der Waals surface area contributed by atoms with Gasteiger partial charge in [0.1, 0.15) is 0 Å². The molecule has 0 unspecified atom stereocenters. The van der Waals surface area contributed by atoms with Crippen LogP contribution >= 0.6 is 23.2 Å². The van der Waals surface area contributed by atoms with Gasteiger partial charge in [-0.2, -0.15) is 0 Å². The van der Waals surface area contributed by atoms with E-state index in [1.54, 1.807) is 0 Å². The van der Waals surface area contributed by atoms with E-state index in [9.17, 15) is 9.59 Å². The number of Topliss-reactive ketones (excluding diaryl/α,β-unsaturated/α-hetero) is 1. The Labute approximate surface area is 96.6 Å². The zero-order valence-corrected chi connectivity index (χ0v) is 9.18. The summed E-state index contributed by atoms with van der Waals surface area (Å²) in [5.41, 5.74) is 0.380. The summed E-state index contributed by atoms with van der Waals surface area (Å²) in [7, 11) is 0. The first-order chi connectivity index (χ1) is 7.00. The van der Waals surface area contributed by atoms with E-state index in [0.29, 0.717) is 10.6 Å². The van der Waals surface area contributed by atoms with E-state index in [0.717, 1.165) is 0 Å². The van der Waals surface area contributed by atoms with Crippen molar-refractivity contribution in [2.45, 2.75) is 12.8 Å². The van der Waals surface area contributed by atoms with E-state index >= 15 is 0 Å². The fourth-order valence-electron chi connectivity index (χ4n) is 1.03. The van der Waals surface area contributed by atoms with Crippen LogP contribution < -0.4 is 0 Å². The third kappa shape index (κ3) is 3.53. The van der Waals surface area contributed by atoms with E-state index in [1.807, 2.05) is 0 Å². The standard InChI is InChI=1S/C10H8Cl2O3/c11-7-2-1-6(5-8(7)12)9(13)3-4-10(14)15/h1-2,5H,3-4H2,(H,14,15). The van der Waals surface area contributed by atoms with Crippen molar-refractivity contribution in [3.63, 3.8) is 0 Å². The molecule has 1 aromatic rings. The van der Waals surface area contributed by atoms with Gasteiger partial charge in [0.25, 0.3) is 0 Å². The second kappa shape index (κ2) is 5.14. The smallest absolute Gasteiger partial charge is 0.303 e. The molecule has 0 aliphatic carbocycles. The van der Waals surface area contributed by atoms with Gasteiger partial charge in [0, 0.05) is 12.0 Å². The number of benzene rings is 1. The highest BCUT2D eigenvalue weighted by atomic mass is 35.5. The van der Waals surface area contributed by atoms with Crippen LogP contribution in [0.3, 0.4) is 0 Å². The van der Waals surface area contributed by atoms with Gasteiger partial charge in [0.15, 0.2) is 5.78 Å². The van der Waals surface area contributed by atoms with E-state index in [4.69, 9.17) is 28.3 Å². The van der Waals surface area contributed by atoms with Crippen LogP contribution in [0, 0.1) is 0 Å². The summed E-state index contributed by atoms with van der Waals surface area (Å²) in [6.45, 7) is 0. The predicted octanol–water partition coefficient (Wildman–Crippen LogP) is 3.04. The number of carboxylic acid groups (broad SMARTS) is 1. The number of halogens is 2. The van der Waals surface area contributed by atoms with Gasteiger partial charge < -0.3 is 5.11 Å². The van der Waals surface area contributed by atoms with Crippen molar-refractivity contribution >= 4 is 35.0 Å². The van der Waals surface area contributed by atoms with Gasteiger partial charge in [-0.25, -0.2) is 0 Å². The van der Waals surface area contributed by atoms with Crippen LogP contribution in [0.15, 0.2) is 18.2 Å². The number of rotatable bonds is 4. The molecule has 1 rings (SSSR count). The lowest BCUT2D eigenvalue weighted by Crippen LogP contribution is -2.03. The molecule has 0 heterocycles. The highest BCUT2D eigenvalue weighted by Gasteiger charge is 2.09. The minimum absolute atomic E-state index is 0.0344. The maximum atomic E-state index is 11.4. The van der Waals surface area contributed by atoms with Crippen molar-refractivity contribution < 1.29 is 14.7 Å². The number of hydrogen-bond acceptors (Lipinski definition) is 2. The van der Waals surface area contributed by atoms with Gasteiger partial charge in [0.2, 0.25) is 0 Å². The van der Waals surface area contributed by atoms with Crippen molar-refractivity contribution in [1.29, 1.82) is 0 Å². The first-order valence-electron chi connectivity index (χ1n) is 4.20. The summed E-state index contributed by atoms with van der Waals surface area (Å²) < 4.78 is 0. The summed E-state index contributed by atoms with van der Waals surface area (Å²) in [4.78, 5) is 21.7. The fourth-order valence-corrected chi connectivity index (χ4v) is 1.33. The Bertz CT molecular complexity index is 402. The number of carbonyl (C=O) groups excluding carboxylic acids is 1. The van der Waals surface area contributed by atoms with Gasteiger partial charge in [-0.1, -0.05) is 23.2 Å². The SMILES string of the molecule is O=C(O)CCC(=O)c1ccc(Cl)c(Cl)c1. The minimum atomic E-state index is -0.997. The maximum Gasteiger partial charge on any atom is 0.303 e. The number of aliphatic carboxylic acids is 1. The third-order valence-corrected chi connectivity index (χ3v) is 2.55. The zero-order valence-electron chi connectivity index (χ0n) is 7.67. The maximum absolute atomic E-state index is 11.4. The molecule has 0 spiro atoms. The Hall–Kier alpha value is -1.06. The second-order valence-corrected chi connectivity index (χ2v) is 3.76. The van der Waals surface area contributed by atoms with Crippen molar-refractivity contribution in [2.24, 2.45) is 0 Å². The molecule has 0 fully saturated rings. The van der Waals surface area contributed by atoms with Crippen LogP contribution in [0.2, 0.25) is 10.0 Å². The lowest BCUT2D eigenvalue weighted by molar-refractivity contribution is -0.136. The zero-order chi connectivity index (χ0) is 11.4. The lowest BCUT2D eigenvalue weighted by Gasteiger charge is -2.01. The molecule has 0 amide bonds. The fraction of sp³-hybridized carbons (Fsp3) is 0.200. The molecule has 0 bridgehead atoms. The quantitative estimate of drug-likeness (QED) is 0.832. The molecule has 5 heteroatoms. The van der Waals surface area contributed by atoms with E-state index in [1.165, 1.54) is 18.2 Å². The largest absolute Gasteiger partial charge is 0.481 e. The van der Waals surface area contributed by atoms with Crippen molar-refractivity contribution in [3.8, 4) is 0 Å². The molecule has 1 N–H and O–H groups in total. The molecule has 0 saturated heterocycles. The van der Waals surface area contributed by atoms with E-state index < -0.39 is 5.97 Å². The second-order valence-electron chi connectivity index (χ2n) is 2.95. The Kier molecular flexibility index (Phi) is 4.12. The Morgan fingerprint density at radius 1 is 1.13 bits per heavy atom. The lowest BCUT2D eigenvalue weighted by atomic mass is 10.1. The van der Waals surface area contributed by atoms with Crippen LogP contribution in [0.4, 0.5) is 0 Å². The first kappa shape index (κ1) is 12.0. The molecular formula is C10H8Cl2O3. The molecule has 0 aliphatic heterocycles. The summed E-state index contributed by atoms with van der Waals surface area (Å²) in [6.07, 6.45) is -0.216. The topological polar surface area (TPSA) is 54.4 Å². The van der Waals surface area contributed by atoms with Crippen LogP contribution in [0.25, 0.3) is 0 Å². The molecule has 80 valence electrons. The van der Waals surface area contributed by atoms with Crippen LogP contribution in [0.5, 0.6) is 0 Å². The molecule has 0 radical (unpaired) electrons. The monoisotopic (exact) mass is 246 g/mol. The summed E-state index contributed by atoms with van der Waals surface area (Å²) in [6, 6.07) is 4.48. The number of carboxylic acids is 1. The van der Waals surface area contributed by atoms with Crippen LogP contribution in [-0.2, 0) is 4.79 Å². The van der Waals surface area contributed by atoms with Crippen LogP contribution in [-0.4, -0.2) is 16.9 Å². The van der Waals surface area contributed by atoms with Gasteiger partial charge in [-0.3, -0.25) is 9.59 Å².